The summed E-state index contributed by atoms with van der Waals surface area (Å²) in [4.78, 5) is 25.8. The maximum atomic E-state index is 13.0. The Morgan fingerprint density at radius 1 is 1.22 bits per heavy atom. The van der Waals surface area contributed by atoms with Crippen LogP contribution in [0.15, 0.2) is 22.8 Å². The molecule has 3 aliphatic rings. The lowest BCUT2D eigenvalue weighted by Crippen LogP contribution is -2.36. The first-order chi connectivity index (χ1) is 15.1. The number of carbonyl (C=O) groups excluding carboxylic acids is 2. The molecule has 3 heterocycles. The fourth-order valence-corrected chi connectivity index (χ4v) is 5.39. The molecular formula is C25H40N2O4S. The number of esters is 1. The van der Waals surface area contributed by atoms with Gasteiger partial charge in [-0.2, -0.15) is 0 Å². The summed E-state index contributed by atoms with van der Waals surface area (Å²) in [7, 11) is 0. The van der Waals surface area contributed by atoms with Crippen molar-refractivity contribution in [2.24, 2.45) is 11.3 Å². The number of aliphatic hydroxyl groups is 1. The van der Waals surface area contributed by atoms with E-state index in [-0.39, 0.29) is 24.3 Å². The summed E-state index contributed by atoms with van der Waals surface area (Å²) in [6.07, 6.45) is 6.17. The Bertz CT molecular complexity index is 763. The maximum absolute atomic E-state index is 13.0. The second-order valence-corrected chi connectivity index (χ2v) is 11.6. The van der Waals surface area contributed by atoms with Gasteiger partial charge in [0.1, 0.15) is 11.9 Å². The van der Waals surface area contributed by atoms with E-state index < -0.39 is 17.4 Å². The van der Waals surface area contributed by atoms with Crippen LogP contribution in [0.2, 0.25) is 0 Å². The molecule has 2 saturated heterocycles. The van der Waals surface area contributed by atoms with Gasteiger partial charge in [-0.25, -0.2) is 0 Å². The Labute approximate surface area is 197 Å². The number of rotatable bonds is 2. The lowest BCUT2D eigenvalue weighted by Gasteiger charge is -2.29. The van der Waals surface area contributed by atoms with Gasteiger partial charge < -0.3 is 20.5 Å². The number of nitrogens with one attached hydrogen (secondary N) is 2. The number of hydrogen-bond acceptors (Lipinski definition) is 7. The van der Waals surface area contributed by atoms with Crippen LogP contribution in [-0.2, 0) is 14.3 Å². The van der Waals surface area contributed by atoms with E-state index in [4.69, 9.17) is 4.74 Å². The highest BCUT2D eigenvalue weighted by molar-refractivity contribution is 8.02. The minimum atomic E-state index is -0.675. The number of allylic oxidation sites excluding steroid dienone is 1. The zero-order valence-electron chi connectivity index (χ0n) is 20.1. The number of hydrogen-bond donors (Lipinski definition) is 3. The number of carbonyl (C=O) groups is 2. The number of Topliss-reactive ketones (excluding diaryl/α,β-unsaturated/α-hetero) is 1. The number of ketones is 1. The van der Waals surface area contributed by atoms with Crippen molar-refractivity contribution in [2.45, 2.75) is 109 Å². The van der Waals surface area contributed by atoms with Gasteiger partial charge in [-0.3, -0.25) is 9.59 Å². The van der Waals surface area contributed by atoms with E-state index >= 15 is 0 Å². The monoisotopic (exact) mass is 464 g/mol. The topological polar surface area (TPSA) is 97.6 Å². The summed E-state index contributed by atoms with van der Waals surface area (Å²) in [6, 6.07) is 0.788. The van der Waals surface area contributed by atoms with E-state index in [0.717, 1.165) is 37.0 Å². The van der Waals surface area contributed by atoms with Crippen molar-refractivity contribution in [3.63, 3.8) is 0 Å². The Hall–Kier alpha value is -1.31. The van der Waals surface area contributed by atoms with Gasteiger partial charge >= 0.3 is 5.97 Å². The highest BCUT2D eigenvalue weighted by atomic mass is 32.2. The molecule has 0 bridgehead atoms. The van der Waals surface area contributed by atoms with Gasteiger partial charge in [0, 0.05) is 42.0 Å². The summed E-state index contributed by atoms with van der Waals surface area (Å²) >= 11 is 1.74. The van der Waals surface area contributed by atoms with Crippen molar-refractivity contribution in [2.75, 3.05) is 0 Å². The maximum Gasteiger partial charge on any atom is 0.306 e. The first-order valence-electron chi connectivity index (χ1n) is 12.0. The van der Waals surface area contributed by atoms with Crippen LogP contribution in [0.3, 0.4) is 0 Å². The zero-order chi connectivity index (χ0) is 23.5. The first kappa shape index (κ1) is 25.3. The van der Waals surface area contributed by atoms with Crippen molar-refractivity contribution in [1.29, 1.82) is 0 Å². The van der Waals surface area contributed by atoms with Gasteiger partial charge in [-0.1, -0.05) is 33.6 Å². The summed E-state index contributed by atoms with van der Waals surface area (Å²) in [6.45, 7) is 9.69. The van der Waals surface area contributed by atoms with Crippen molar-refractivity contribution >= 4 is 23.5 Å². The van der Waals surface area contributed by atoms with Crippen molar-refractivity contribution < 1.29 is 19.4 Å². The largest absolute Gasteiger partial charge is 0.458 e. The first-order valence-corrected chi connectivity index (χ1v) is 13.0. The van der Waals surface area contributed by atoms with Gasteiger partial charge in [0.05, 0.1) is 11.5 Å². The van der Waals surface area contributed by atoms with Gasteiger partial charge in [0.2, 0.25) is 0 Å². The number of cyclic esters (lactones) is 1. The Morgan fingerprint density at radius 2 is 1.94 bits per heavy atom. The molecule has 3 rings (SSSR count). The third-order valence-electron chi connectivity index (χ3n) is 7.08. The molecule has 0 aromatic carbocycles. The molecule has 3 N–H and O–H groups in total. The summed E-state index contributed by atoms with van der Waals surface area (Å²) < 4.78 is 5.95. The molecule has 3 aliphatic heterocycles. The Kier molecular flexibility index (Phi) is 8.50. The van der Waals surface area contributed by atoms with Crippen LogP contribution in [0.5, 0.6) is 0 Å². The van der Waals surface area contributed by atoms with E-state index in [2.05, 4.69) is 29.0 Å². The average molecular weight is 465 g/mol. The highest BCUT2D eigenvalue weighted by Crippen LogP contribution is 2.32. The fourth-order valence-electron chi connectivity index (χ4n) is 4.70. The lowest BCUT2D eigenvalue weighted by atomic mass is 9.76. The molecule has 0 aromatic heterocycles. The van der Waals surface area contributed by atoms with Crippen LogP contribution < -0.4 is 10.6 Å². The highest BCUT2D eigenvalue weighted by Gasteiger charge is 2.39. The lowest BCUT2D eigenvalue weighted by molar-refractivity contribution is -0.148. The molecule has 0 spiro atoms. The molecule has 180 valence electrons. The minimum absolute atomic E-state index is 0.0207. The van der Waals surface area contributed by atoms with Crippen LogP contribution in [0.25, 0.3) is 0 Å². The third kappa shape index (κ3) is 6.84. The molecule has 32 heavy (non-hydrogen) atoms. The zero-order valence-corrected chi connectivity index (χ0v) is 21.0. The van der Waals surface area contributed by atoms with Crippen LogP contribution in [0, 0.1) is 11.3 Å². The van der Waals surface area contributed by atoms with E-state index in [0.29, 0.717) is 30.3 Å². The van der Waals surface area contributed by atoms with Gasteiger partial charge in [0.15, 0.2) is 0 Å². The van der Waals surface area contributed by atoms with E-state index in [1.54, 1.807) is 11.8 Å². The molecule has 0 aromatic rings. The van der Waals surface area contributed by atoms with Crippen molar-refractivity contribution in [1.82, 2.24) is 10.6 Å². The number of ether oxygens (including phenoxy) is 1. The standard InChI is InChI=1S/C25H40N2O4S/c1-15(12-18-14-32-17(3)26-18)22-13-20-19(27-20)8-6-7-9-21(28)16(2)24(30)25(4,5)11-10-23(29)31-22/h12,14,16-17,19-22,26-28H,6-11,13H2,1-5H3/b15-12+/t16-,17?,19?,20?,21?,22?/m1/s1. The molecule has 0 amide bonds. The molecule has 2 fully saturated rings. The molecular weight excluding hydrogens is 424 g/mol. The third-order valence-corrected chi connectivity index (χ3v) is 8.00. The van der Waals surface area contributed by atoms with Crippen LogP contribution in [0.1, 0.15) is 79.6 Å². The Morgan fingerprint density at radius 3 is 2.62 bits per heavy atom. The van der Waals surface area contributed by atoms with E-state index in [9.17, 15) is 14.7 Å². The van der Waals surface area contributed by atoms with Crippen molar-refractivity contribution in [3.05, 3.63) is 22.8 Å². The van der Waals surface area contributed by atoms with Gasteiger partial charge in [0.25, 0.3) is 0 Å². The second-order valence-electron chi connectivity index (χ2n) is 10.4. The fraction of sp³-hybridized carbons (Fsp3) is 0.760. The molecule has 6 atom stereocenters. The van der Waals surface area contributed by atoms with Gasteiger partial charge in [-0.05, 0) is 50.2 Å². The normalized spacial score (nSPS) is 37.2. The SMILES string of the molecule is C/C(=C\C1=CSC(C)N1)C1CC2NC2CCCCC(O)[C@@H](C)C(=O)C(C)(C)CCC(=O)O1. The second kappa shape index (κ2) is 10.7. The predicted molar refractivity (Wildman–Crippen MR) is 129 cm³/mol. The quantitative estimate of drug-likeness (QED) is 0.419. The number of fused-ring (bicyclic) bond motifs is 1. The Balaban J connectivity index is 1.72. The summed E-state index contributed by atoms with van der Waals surface area (Å²) in [5, 5.41) is 19.9. The molecule has 0 aliphatic carbocycles. The van der Waals surface area contributed by atoms with Crippen molar-refractivity contribution in [3.8, 4) is 0 Å². The summed E-state index contributed by atoms with van der Waals surface area (Å²) in [5.74, 6) is -0.671. The van der Waals surface area contributed by atoms with Crippen LogP contribution >= 0.6 is 11.8 Å². The molecule has 7 heteroatoms. The molecule has 0 radical (unpaired) electrons. The molecule has 0 saturated carbocycles. The summed E-state index contributed by atoms with van der Waals surface area (Å²) in [5.41, 5.74) is 1.42. The number of aliphatic hydroxyl groups excluding tert-OH is 1. The van der Waals surface area contributed by atoms with E-state index in [1.807, 2.05) is 27.7 Å². The van der Waals surface area contributed by atoms with Crippen LogP contribution in [-0.4, -0.2) is 46.5 Å². The van der Waals surface area contributed by atoms with E-state index in [1.165, 1.54) is 0 Å². The number of thioether (sulfide) groups is 1. The van der Waals surface area contributed by atoms with Crippen LogP contribution in [0.4, 0.5) is 0 Å². The smallest absolute Gasteiger partial charge is 0.306 e. The molecule has 6 nitrogen and oxygen atoms in total. The molecule has 5 unspecified atom stereocenters. The predicted octanol–water partition coefficient (Wildman–Crippen LogP) is 4.05. The van der Waals surface area contributed by atoms with Gasteiger partial charge in [-0.15, -0.1) is 11.8 Å². The minimum Gasteiger partial charge on any atom is -0.458 e. The average Bonchev–Trinajstić information content (AvgIpc) is 3.35.